The minimum atomic E-state index is -1.05. The van der Waals surface area contributed by atoms with Gasteiger partial charge in [-0.1, -0.05) is 25.7 Å². The lowest BCUT2D eigenvalue weighted by Gasteiger charge is -2.18. The highest BCUT2D eigenvalue weighted by molar-refractivity contribution is 7.09. The van der Waals surface area contributed by atoms with Crippen LogP contribution in [-0.4, -0.2) is 28.1 Å². The highest BCUT2D eigenvalue weighted by Crippen LogP contribution is 2.19. The Labute approximate surface area is 128 Å². The maximum absolute atomic E-state index is 12.0. The predicted octanol–water partition coefficient (Wildman–Crippen LogP) is 2.92. The first kappa shape index (κ1) is 15.8. The van der Waals surface area contributed by atoms with Crippen molar-refractivity contribution in [3.05, 3.63) is 16.1 Å². The topological polar surface area (TPSA) is 91.3 Å². The molecule has 1 atom stereocenters. The van der Waals surface area contributed by atoms with Crippen LogP contribution < -0.4 is 10.6 Å². The number of urea groups is 1. The number of thiazole rings is 1. The summed E-state index contributed by atoms with van der Waals surface area (Å²) in [6, 6.07) is -0.263. The van der Waals surface area contributed by atoms with Crippen molar-refractivity contribution < 1.29 is 14.7 Å². The van der Waals surface area contributed by atoms with Crippen LogP contribution in [0.25, 0.3) is 0 Å². The van der Waals surface area contributed by atoms with E-state index in [1.54, 1.807) is 6.92 Å². The molecule has 1 heterocycles. The average Bonchev–Trinajstić information content (AvgIpc) is 2.80. The second kappa shape index (κ2) is 7.40. The van der Waals surface area contributed by atoms with E-state index in [9.17, 15) is 9.59 Å². The number of hydrogen-bond acceptors (Lipinski definition) is 4. The molecule has 0 spiro atoms. The van der Waals surface area contributed by atoms with E-state index in [0.29, 0.717) is 5.01 Å². The molecule has 1 saturated carbocycles. The number of rotatable bonds is 4. The van der Waals surface area contributed by atoms with E-state index in [2.05, 4.69) is 15.6 Å². The van der Waals surface area contributed by atoms with Crippen LogP contribution in [-0.2, 0) is 0 Å². The second-order valence-electron chi connectivity index (χ2n) is 5.40. The minimum Gasteiger partial charge on any atom is -0.476 e. The third-order valence-corrected chi connectivity index (χ3v) is 4.68. The number of carbonyl (C=O) groups excluding carboxylic acids is 1. The van der Waals surface area contributed by atoms with E-state index in [-0.39, 0.29) is 23.8 Å². The lowest BCUT2D eigenvalue weighted by atomic mass is 10.1. The first-order valence-corrected chi connectivity index (χ1v) is 8.20. The Morgan fingerprint density at radius 2 is 2.00 bits per heavy atom. The van der Waals surface area contributed by atoms with Crippen LogP contribution in [0.2, 0.25) is 0 Å². The number of nitrogens with zero attached hydrogens (tertiary/aromatic N) is 1. The van der Waals surface area contributed by atoms with E-state index in [1.165, 1.54) is 29.6 Å². The zero-order valence-corrected chi connectivity index (χ0v) is 12.9. The van der Waals surface area contributed by atoms with Crippen LogP contribution >= 0.6 is 11.3 Å². The summed E-state index contributed by atoms with van der Waals surface area (Å²) in [5.41, 5.74) is 0.0211. The van der Waals surface area contributed by atoms with Crippen molar-refractivity contribution in [1.29, 1.82) is 0 Å². The number of carboxylic acid groups (broad SMARTS) is 1. The maximum Gasteiger partial charge on any atom is 0.355 e. The molecule has 1 aromatic heterocycles. The van der Waals surface area contributed by atoms with Gasteiger partial charge < -0.3 is 15.7 Å². The number of amides is 2. The van der Waals surface area contributed by atoms with Crippen molar-refractivity contribution in [2.24, 2.45) is 0 Å². The van der Waals surface area contributed by atoms with Crippen LogP contribution in [0.15, 0.2) is 5.38 Å². The van der Waals surface area contributed by atoms with Crippen LogP contribution in [0.1, 0.15) is 67.0 Å². The van der Waals surface area contributed by atoms with Crippen molar-refractivity contribution in [2.75, 3.05) is 0 Å². The fraction of sp³-hybridized carbons (Fsp3) is 0.643. The molecular weight excluding hydrogens is 290 g/mol. The number of hydrogen-bond donors (Lipinski definition) is 3. The summed E-state index contributed by atoms with van der Waals surface area (Å²) < 4.78 is 0. The lowest BCUT2D eigenvalue weighted by molar-refractivity contribution is 0.0691. The highest BCUT2D eigenvalue weighted by Gasteiger charge is 2.18. The summed E-state index contributed by atoms with van der Waals surface area (Å²) in [5.74, 6) is -1.05. The van der Waals surface area contributed by atoms with E-state index < -0.39 is 5.97 Å². The van der Waals surface area contributed by atoms with E-state index >= 15 is 0 Å². The first-order chi connectivity index (χ1) is 10.1. The Balaban J connectivity index is 1.84. The second-order valence-corrected chi connectivity index (χ2v) is 6.29. The van der Waals surface area contributed by atoms with E-state index in [1.807, 2.05) is 0 Å². The molecule has 0 aromatic carbocycles. The smallest absolute Gasteiger partial charge is 0.355 e. The molecule has 1 aliphatic rings. The van der Waals surface area contributed by atoms with Crippen molar-refractivity contribution in [3.63, 3.8) is 0 Å². The van der Waals surface area contributed by atoms with Gasteiger partial charge in [-0.05, 0) is 19.8 Å². The molecule has 1 aliphatic carbocycles. The molecule has 2 amide bonds. The Hall–Kier alpha value is -1.63. The summed E-state index contributed by atoms with van der Waals surface area (Å²) in [7, 11) is 0. The zero-order valence-electron chi connectivity index (χ0n) is 12.1. The number of carbonyl (C=O) groups is 2. The molecule has 21 heavy (non-hydrogen) atoms. The minimum absolute atomic E-state index is 0.0211. The van der Waals surface area contributed by atoms with Crippen LogP contribution in [0, 0.1) is 0 Å². The maximum atomic E-state index is 12.0. The zero-order chi connectivity index (χ0) is 15.2. The number of nitrogens with one attached hydrogen (secondary N) is 2. The molecule has 1 fully saturated rings. The Morgan fingerprint density at radius 3 is 2.57 bits per heavy atom. The molecule has 0 bridgehead atoms. The van der Waals surface area contributed by atoms with Gasteiger partial charge in [0.2, 0.25) is 0 Å². The molecule has 0 saturated heterocycles. The first-order valence-electron chi connectivity index (χ1n) is 7.32. The number of carboxylic acids is 1. The summed E-state index contributed by atoms with van der Waals surface area (Å²) in [4.78, 5) is 26.8. The van der Waals surface area contributed by atoms with Gasteiger partial charge in [0.15, 0.2) is 5.69 Å². The molecule has 1 aromatic rings. The van der Waals surface area contributed by atoms with Gasteiger partial charge in [0.25, 0.3) is 0 Å². The standard InChI is InChI=1S/C14H21N3O3S/c1-9(12-17-11(8-21-12)13(18)19)15-14(20)16-10-6-4-2-3-5-7-10/h8-10H,2-7H2,1H3,(H,18,19)(H2,15,16,20). The van der Waals surface area contributed by atoms with E-state index in [4.69, 9.17) is 5.11 Å². The monoisotopic (exact) mass is 311 g/mol. The fourth-order valence-corrected chi connectivity index (χ4v) is 3.29. The third-order valence-electron chi connectivity index (χ3n) is 3.65. The molecule has 7 heteroatoms. The van der Waals surface area contributed by atoms with Gasteiger partial charge in [-0.3, -0.25) is 0 Å². The third kappa shape index (κ3) is 4.70. The summed E-state index contributed by atoms with van der Waals surface area (Å²) >= 11 is 1.24. The SMILES string of the molecule is CC(NC(=O)NC1CCCCCC1)c1nc(C(=O)O)cs1. The van der Waals surface area contributed by atoms with Gasteiger partial charge in [0.05, 0.1) is 6.04 Å². The molecule has 6 nitrogen and oxygen atoms in total. The van der Waals surface area contributed by atoms with Gasteiger partial charge >= 0.3 is 12.0 Å². The number of aromatic nitrogens is 1. The normalized spacial score (nSPS) is 17.8. The van der Waals surface area contributed by atoms with Gasteiger partial charge in [-0.25, -0.2) is 14.6 Å². The fourth-order valence-electron chi connectivity index (χ4n) is 2.49. The van der Waals surface area contributed by atoms with Gasteiger partial charge in [-0.2, -0.15) is 0 Å². The Kier molecular flexibility index (Phi) is 5.55. The predicted molar refractivity (Wildman–Crippen MR) is 80.6 cm³/mol. The number of aromatic carboxylic acids is 1. The van der Waals surface area contributed by atoms with E-state index in [0.717, 1.165) is 25.7 Å². The molecule has 3 N–H and O–H groups in total. The van der Waals surface area contributed by atoms with Crippen molar-refractivity contribution in [3.8, 4) is 0 Å². The summed E-state index contributed by atoms with van der Waals surface area (Å²) in [6.07, 6.45) is 6.87. The van der Waals surface area contributed by atoms with Crippen LogP contribution in [0.3, 0.4) is 0 Å². The molecule has 1 unspecified atom stereocenters. The largest absolute Gasteiger partial charge is 0.476 e. The molecule has 2 rings (SSSR count). The Bertz CT molecular complexity index is 495. The Morgan fingerprint density at radius 1 is 1.33 bits per heavy atom. The van der Waals surface area contributed by atoms with Crippen LogP contribution in [0.4, 0.5) is 4.79 Å². The van der Waals surface area contributed by atoms with Gasteiger partial charge in [0.1, 0.15) is 5.01 Å². The quantitative estimate of drug-likeness (QED) is 0.746. The van der Waals surface area contributed by atoms with Gasteiger partial charge in [0, 0.05) is 11.4 Å². The lowest BCUT2D eigenvalue weighted by Crippen LogP contribution is -2.42. The molecule has 0 aliphatic heterocycles. The average molecular weight is 311 g/mol. The molecule has 0 radical (unpaired) electrons. The van der Waals surface area contributed by atoms with Crippen molar-refractivity contribution >= 4 is 23.3 Å². The molecular formula is C14H21N3O3S. The summed E-state index contributed by atoms with van der Waals surface area (Å²) in [5, 5.41) is 16.8. The summed E-state index contributed by atoms with van der Waals surface area (Å²) in [6.45, 7) is 1.80. The van der Waals surface area contributed by atoms with Gasteiger partial charge in [-0.15, -0.1) is 11.3 Å². The van der Waals surface area contributed by atoms with Crippen molar-refractivity contribution in [1.82, 2.24) is 15.6 Å². The molecule has 116 valence electrons. The highest BCUT2D eigenvalue weighted by atomic mass is 32.1. The van der Waals surface area contributed by atoms with Crippen LogP contribution in [0.5, 0.6) is 0 Å². The van der Waals surface area contributed by atoms with Crippen molar-refractivity contribution in [2.45, 2.75) is 57.5 Å².